The topological polar surface area (TPSA) is 56.0 Å². The Morgan fingerprint density at radius 1 is 1.38 bits per heavy atom. The van der Waals surface area contributed by atoms with Gasteiger partial charge in [0.25, 0.3) is 5.91 Å². The maximum Gasteiger partial charge on any atom is 0.425 e. The molecule has 0 saturated carbocycles. The molecule has 2 rings (SSSR count). The number of carbonyl (C=O) groups excluding carboxylic acids is 1. The van der Waals surface area contributed by atoms with Gasteiger partial charge in [-0.2, -0.15) is 13.2 Å². The number of nitrogens with zero attached hydrogens (tertiary/aromatic N) is 1. The van der Waals surface area contributed by atoms with Crippen LogP contribution in [0.2, 0.25) is 0 Å². The number of rotatable bonds is 1. The molecule has 7 heteroatoms. The fraction of sp³-hybridized carbons (Fsp3) is 0.111. The summed E-state index contributed by atoms with van der Waals surface area (Å²) in [5.41, 5.74) is 4.93. The Labute approximate surface area is 91.7 Å². The van der Waals surface area contributed by atoms with Gasteiger partial charge in [-0.3, -0.25) is 4.79 Å². The van der Waals surface area contributed by atoms with Gasteiger partial charge < -0.3 is 5.73 Å². The smallest absolute Gasteiger partial charge is 0.364 e. The zero-order chi connectivity index (χ0) is 11.9. The van der Waals surface area contributed by atoms with Crippen molar-refractivity contribution in [1.82, 2.24) is 4.98 Å². The van der Waals surface area contributed by atoms with Crippen LogP contribution in [0, 0.1) is 0 Å². The molecule has 0 fully saturated rings. The van der Waals surface area contributed by atoms with Gasteiger partial charge in [0.05, 0.1) is 4.70 Å². The Kier molecular flexibility index (Phi) is 2.34. The number of aromatic nitrogens is 1. The van der Waals surface area contributed by atoms with E-state index < -0.39 is 17.0 Å². The van der Waals surface area contributed by atoms with Crippen molar-refractivity contribution in [3.8, 4) is 0 Å². The molecular weight excluding hydrogens is 241 g/mol. The molecule has 0 aliphatic heterocycles. The van der Waals surface area contributed by atoms with E-state index in [-0.39, 0.29) is 5.69 Å². The first-order valence-electron chi connectivity index (χ1n) is 4.14. The number of hydrogen-bond donors (Lipinski definition) is 1. The molecule has 2 heterocycles. The van der Waals surface area contributed by atoms with E-state index in [2.05, 4.69) is 4.98 Å². The Hall–Kier alpha value is -1.63. The van der Waals surface area contributed by atoms with E-state index >= 15 is 0 Å². The second-order valence-electron chi connectivity index (χ2n) is 3.08. The number of primary amides is 1. The summed E-state index contributed by atoms with van der Waals surface area (Å²) in [6.07, 6.45) is -3.16. The molecule has 2 aromatic rings. The van der Waals surface area contributed by atoms with Crippen molar-refractivity contribution in [3.63, 3.8) is 0 Å². The van der Waals surface area contributed by atoms with Gasteiger partial charge in [0, 0.05) is 6.20 Å². The van der Waals surface area contributed by atoms with Crippen LogP contribution in [-0.2, 0) is 6.18 Å². The molecule has 0 unspecified atom stereocenters. The Morgan fingerprint density at radius 2 is 2.06 bits per heavy atom. The summed E-state index contributed by atoms with van der Waals surface area (Å²) in [6, 6.07) is 2.23. The van der Waals surface area contributed by atoms with Gasteiger partial charge in [0.1, 0.15) is 10.6 Å². The van der Waals surface area contributed by atoms with Crippen LogP contribution in [0.25, 0.3) is 10.1 Å². The third-order valence-electron chi connectivity index (χ3n) is 1.94. The maximum atomic E-state index is 12.4. The summed E-state index contributed by atoms with van der Waals surface area (Å²) in [5, 5.41) is 0.320. The first-order valence-corrected chi connectivity index (χ1v) is 4.96. The van der Waals surface area contributed by atoms with Crippen molar-refractivity contribution in [2.75, 3.05) is 0 Å². The van der Waals surface area contributed by atoms with Crippen LogP contribution in [0.3, 0.4) is 0 Å². The highest BCUT2D eigenvalue weighted by Crippen LogP contribution is 2.37. The number of carbonyl (C=O) groups is 1. The normalized spacial score (nSPS) is 11.9. The molecule has 0 saturated heterocycles. The summed E-state index contributed by atoms with van der Waals surface area (Å²) >= 11 is 0.585. The Bertz CT molecular complexity index is 561. The van der Waals surface area contributed by atoms with Crippen LogP contribution in [0.4, 0.5) is 13.2 Å². The van der Waals surface area contributed by atoms with Crippen LogP contribution in [0.15, 0.2) is 18.3 Å². The van der Waals surface area contributed by atoms with E-state index in [9.17, 15) is 18.0 Å². The highest BCUT2D eigenvalue weighted by Gasteiger charge is 2.32. The van der Waals surface area contributed by atoms with Crippen molar-refractivity contribution >= 4 is 27.3 Å². The lowest BCUT2D eigenvalue weighted by Crippen LogP contribution is -2.12. The van der Waals surface area contributed by atoms with E-state index in [1.165, 1.54) is 12.3 Å². The van der Waals surface area contributed by atoms with Gasteiger partial charge >= 0.3 is 6.18 Å². The third-order valence-corrected chi connectivity index (χ3v) is 3.07. The van der Waals surface area contributed by atoms with E-state index in [0.717, 1.165) is 6.07 Å². The molecule has 2 aromatic heterocycles. The van der Waals surface area contributed by atoms with E-state index in [1.807, 2.05) is 0 Å². The molecular formula is C9H5F3N2OS. The van der Waals surface area contributed by atoms with Crippen LogP contribution in [0.5, 0.6) is 0 Å². The lowest BCUT2D eigenvalue weighted by molar-refractivity contribution is -0.134. The van der Waals surface area contributed by atoms with Gasteiger partial charge in [-0.25, -0.2) is 4.98 Å². The van der Waals surface area contributed by atoms with Crippen LogP contribution < -0.4 is 5.73 Å². The summed E-state index contributed by atoms with van der Waals surface area (Å²) in [6.45, 7) is 0. The molecule has 0 aliphatic rings. The van der Waals surface area contributed by atoms with E-state index in [4.69, 9.17) is 5.73 Å². The van der Waals surface area contributed by atoms with Gasteiger partial charge in [-0.1, -0.05) is 0 Å². The Balaban J connectivity index is 2.59. The minimum atomic E-state index is -4.38. The number of nitrogens with two attached hydrogens (primary N) is 1. The van der Waals surface area contributed by atoms with Crippen molar-refractivity contribution in [2.24, 2.45) is 5.73 Å². The van der Waals surface area contributed by atoms with Crippen LogP contribution in [0.1, 0.15) is 15.4 Å². The summed E-state index contributed by atoms with van der Waals surface area (Å²) < 4.78 is 37.5. The van der Waals surface area contributed by atoms with Gasteiger partial charge in [0.15, 0.2) is 0 Å². The molecule has 1 amide bonds. The fourth-order valence-electron chi connectivity index (χ4n) is 1.22. The molecule has 0 aromatic carbocycles. The maximum absolute atomic E-state index is 12.4. The highest BCUT2D eigenvalue weighted by atomic mass is 32.1. The van der Waals surface area contributed by atoms with Gasteiger partial charge in [-0.05, 0) is 17.5 Å². The molecule has 0 atom stereocenters. The molecule has 16 heavy (non-hydrogen) atoms. The number of halogens is 3. The largest absolute Gasteiger partial charge is 0.425 e. The average Bonchev–Trinajstić information content (AvgIpc) is 2.58. The van der Waals surface area contributed by atoms with E-state index in [1.54, 1.807) is 0 Å². The minimum absolute atomic E-state index is 0.0426. The zero-order valence-corrected chi connectivity index (χ0v) is 8.52. The molecule has 0 aliphatic carbocycles. The van der Waals surface area contributed by atoms with Crippen LogP contribution in [-0.4, -0.2) is 10.9 Å². The monoisotopic (exact) mass is 246 g/mol. The van der Waals surface area contributed by atoms with Crippen molar-refractivity contribution in [3.05, 3.63) is 28.9 Å². The first kappa shape index (κ1) is 10.9. The highest BCUT2D eigenvalue weighted by molar-refractivity contribution is 7.19. The summed E-state index contributed by atoms with van der Waals surface area (Å²) in [4.78, 5) is 13.7. The second-order valence-corrected chi connectivity index (χ2v) is 4.16. The van der Waals surface area contributed by atoms with Crippen molar-refractivity contribution in [2.45, 2.75) is 6.18 Å². The van der Waals surface area contributed by atoms with Crippen molar-refractivity contribution < 1.29 is 18.0 Å². The molecule has 0 bridgehead atoms. The number of thiophene rings is 1. The number of amides is 1. The third kappa shape index (κ3) is 1.85. The molecule has 3 nitrogen and oxygen atoms in total. The fourth-order valence-corrected chi connectivity index (χ4v) is 2.10. The van der Waals surface area contributed by atoms with Gasteiger partial charge in [0.2, 0.25) is 0 Å². The molecule has 2 N–H and O–H groups in total. The van der Waals surface area contributed by atoms with Gasteiger partial charge in [-0.15, -0.1) is 11.3 Å². The number of alkyl halides is 3. The number of hydrogen-bond acceptors (Lipinski definition) is 3. The quantitative estimate of drug-likeness (QED) is 0.840. The van der Waals surface area contributed by atoms with Crippen LogP contribution >= 0.6 is 11.3 Å². The predicted octanol–water partition coefficient (Wildman–Crippen LogP) is 2.41. The average molecular weight is 246 g/mol. The number of pyridine rings is 1. The summed E-state index contributed by atoms with van der Waals surface area (Å²) in [5.74, 6) is -0.762. The van der Waals surface area contributed by atoms with E-state index in [0.29, 0.717) is 21.4 Å². The molecule has 0 spiro atoms. The predicted molar refractivity (Wildman–Crippen MR) is 53.1 cm³/mol. The first-order chi connectivity index (χ1) is 7.38. The lowest BCUT2D eigenvalue weighted by atomic mass is 10.2. The molecule has 84 valence electrons. The summed E-state index contributed by atoms with van der Waals surface area (Å²) in [7, 11) is 0. The standard InChI is InChI=1S/C9H5F3N2OS/c10-9(11,12)7-2-4-1-5(8(13)15)14-3-6(4)16-7/h1-3H,(H2,13,15). The Morgan fingerprint density at radius 3 is 2.62 bits per heavy atom. The SMILES string of the molecule is NC(=O)c1cc2cc(C(F)(F)F)sc2cn1. The lowest BCUT2D eigenvalue weighted by Gasteiger charge is -1.99. The number of fused-ring (bicyclic) bond motifs is 1. The molecule has 0 radical (unpaired) electrons. The second kappa shape index (κ2) is 3.44. The minimum Gasteiger partial charge on any atom is -0.364 e. The zero-order valence-electron chi connectivity index (χ0n) is 7.71. The van der Waals surface area contributed by atoms with Crippen molar-refractivity contribution in [1.29, 1.82) is 0 Å².